The van der Waals surface area contributed by atoms with Gasteiger partial charge in [-0.2, -0.15) is 8.42 Å². The number of aryl methyl sites for hydroxylation is 1. The second-order valence-electron chi connectivity index (χ2n) is 10.6. The van der Waals surface area contributed by atoms with Gasteiger partial charge in [-0.3, -0.25) is 4.79 Å². The lowest BCUT2D eigenvalue weighted by Crippen LogP contribution is -2.70. The molecule has 2 aromatic rings. The zero-order valence-electron chi connectivity index (χ0n) is 20.5. The van der Waals surface area contributed by atoms with Crippen LogP contribution in [0.5, 0.6) is 0 Å². The molecule has 2 fully saturated rings. The van der Waals surface area contributed by atoms with Crippen LogP contribution in [-0.4, -0.2) is 26.6 Å². The number of Topliss-reactive ketones (excluding diaryl/α,β-unsaturated/α-hetero) is 1. The van der Waals surface area contributed by atoms with Crippen molar-refractivity contribution in [1.82, 2.24) is 0 Å². The number of hydrogen-bond donors (Lipinski definition) is 0. The van der Waals surface area contributed by atoms with Crippen LogP contribution in [0.15, 0.2) is 95.1 Å². The van der Waals surface area contributed by atoms with E-state index in [4.69, 9.17) is 13.7 Å². The Morgan fingerprint density at radius 3 is 2.44 bits per heavy atom. The lowest BCUT2D eigenvalue weighted by Gasteiger charge is -2.60. The van der Waals surface area contributed by atoms with Crippen molar-refractivity contribution < 1.29 is 26.9 Å². The number of allylic oxidation sites excluding steroid dienone is 3. The molecule has 0 N–H and O–H groups in total. The van der Waals surface area contributed by atoms with Crippen LogP contribution in [0.4, 0.5) is 0 Å². The fourth-order valence-corrected chi connectivity index (χ4v) is 7.50. The first-order valence-electron chi connectivity index (χ1n) is 12.0. The van der Waals surface area contributed by atoms with Gasteiger partial charge in [0, 0.05) is 5.41 Å². The smallest absolute Gasteiger partial charge is 0.338 e. The van der Waals surface area contributed by atoms with E-state index in [1.807, 2.05) is 57.2 Å². The molecule has 1 aliphatic heterocycles. The molecular weight excluding hydrogens is 476 g/mol. The molecular formula is C29H28O6S. The number of benzene rings is 2. The van der Waals surface area contributed by atoms with Gasteiger partial charge in [-0.25, -0.2) is 0 Å². The molecule has 4 atom stereocenters. The van der Waals surface area contributed by atoms with E-state index in [0.29, 0.717) is 12.0 Å². The van der Waals surface area contributed by atoms with Gasteiger partial charge in [0.05, 0.1) is 24.0 Å². The highest BCUT2D eigenvalue weighted by Gasteiger charge is 2.84. The van der Waals surface area contributed by atoms with Crippen LogP contribution in [0.25, 0.3) is 0 Å². The molecule has 1 spiro atoms. The molecule has 6 nitrogen and oxygen atoms in total. The number of rotatable bonds is 6. The van der Waals surface area contributed by atoms with E-state index in [0.717, 1.165) is 16.7 Å². The average molecular weight is 505 g/mol. The van der Waals surface area contributed by atoms with Gasteiger partial charge in [-0.1, -0.05) is 73.2 Å². The van der Waals surface area contributed by atoms with Crippen molar-refractivity contribution in [2.45, 2.75) is 44.5 Å². The minimum atomic E-state index is -4.18. The van der Waals surface area contributed by atoms with E-state index in [1.165, 1.54) is 12.1 Å². The molecule has 4 bridgehead atoms. The summed E-state index contributed by atoms with van der Waals surface area (Å²) in [5, 5.41) is 0. The minimum Gasteiger partial charge on any atom is -0.383 e. The Morgan fingerprint density at radius 2 is 1.75 bits per heavy atom. The van der Waals surface area contributed by atoms with Crippen LogP contribution in [-0.2, 0) is 35.2 Å². The molecule has 4 aliphatic carbocycles. The molecule has 0 amide bonds. The molecule has 7 rings (SSSR count). The molecule has 0 radical (unpaired) electrons. The Hall–Kier alpha value is -3.00. The van der Waals surface area contributed by atoms with Crippen molar-refractivity contribution in [3.63, 3.8) is 0 Å². The maximum absolute atomic E-state index is 14.4. The number of ether oxygens (including phenoxy) is 2. The molecule has 1 saturated heterocycles. The second-order valence-corrected chi connectivity index (χ2v) is 12.1. The van der Waals surface area contributed by atoms with Gasteiger partial charge in [0.15, 0.2) is 0 Å². The molecule has 1 heterocycles. The summed E-state index contributed by atoms with van der Waals surface area (Å²) in [7, 11) is -4.18. The van der Waals surface area contributed by atoms with Crippen LogP contribution in [0.1, 0.15) is 31.4 Å². The highest BCUT2D eigenvalue weighted by Crippen LogP contribution is 2.77. The van der Waals surface area contributed by atoms with Crippen molar-refractivity contribution in [3.8, 4) is 0 Å². The lowest BCUT2D eigenvalue weighted by molar-refractivity contribution is -0.259. The van der Waals surface area contributed by atoms with Crippen LogP contribution < -0.4 is 0 Å². The van der Waals surface area contributed by atoms with E-state index in [2.05, 4.69) is 6.58 Å². The van der Waals surface area contributed by atoms with E-state index in [9.17, 15) is 13.2 Å². The van der Waals surface area contributed by atoms with Gasteiger partial charge in [0.25, 0.3) is 0 Å². The Bertz CT molecular complexity index is 1470. The molecule has 0 aromatic heterocycles. The van der Waals surface area contributed by atoms with Crippen LogP contribution >= 0.6 is 0 Å². The van der Waals surface area contributed by atoms with E-state index in [-0.39, 0.29) is 29.7 Å². The largest absolute Gasteiger partial charge is 0.383 e. The molecule has 5 aliphatic rings. The van der Waals surface area contributed by atoms with Gasteiger partial charge in [0.1, 0.15) is 10.7 Å². The fourth-order valence-electron chi connectivity index (χ4n) is 6.49. The normalized spacial score (nSPS) is 34.4. The van der Waals surface area contributed by atoms with Crippen molar-refractivity contribution >= 4 is 15.9 Å². The maximum Gasteiger partial charge on any atom is 0.338 e. The zero-order valence-corrected chi connectivity index (χ0v) is 21.4. The molecule has 7 heteroatoms. The second kappa shape index (κ2) is 7.28. The summed E-state index contributed by atoms with van der Waals surface area (Å²) >= 11 is 0. The fraction of sp³-hybridized carbons (Fsp3) is 0.345. The standard InChI is InChI=1S/C29H28O6S/c1-19-10-13-22(14-11-19)36(31,32)35-24-16-28-20(2)12-15-23(28)26(3)18-34-29(25(28)30,27(24,26)4)33-17-21-8-6-5-7-9-21/h5-11,13-16H,2,12,17-18H2,1,3-4H3/t26-,27+,28+,29-/m0/s1. The molecule has 1 saturated carbocycles. The van der Waals surface area contributed by atoms with Crippen molar-refractivity contribution in [2.24, 2.45) is 16.2 Å². The Morgan fingerprint density at radius 1 is 1.06 bits per heavy atom. The minimum absolute atomic E-state index is 0.0431. The Labute approximate surface area is 211 Å². The number of ketones is 1. The van der Waals surface area contributed by atoms with Gasteiger partial charge < -0.3 is 13.7 Å². The predicted molar refractivity (Wildman–Crippen MR) is 133 cm³/mol. The van der Waals surface area contributed by atoms with Crippen molar-refractivity contribution in [1.29, 1.82) is 0 Å². The van der Waals surface area contributed by atoms with Crippen molar-refractivity contribution in [3.05, 3.63) is 101 Å². The third-order valence-electron chi connectivity index (χ3n) is 8.75. The first kappa shape index (κ1) is 23.4. The van der Waals surface area contributed by atoms with Crippen molar-refractivity contribution in [2.75, 3.05) is 6.61 Å². The van der Waals surface area contributed by atoms with Crippen LogP contribution in [0, 0.1) is 23.2 Å². The van der Waals surface area contributed by atoms with Gasteiger partial charge >= 0.3 is 10.1 Å². The summed E-state index contributed by atoms with van der Waals surface area (Å²) in [6.45, 7) is 10.2. The van der Waals surface area contributed by atoms with E-state index < -0.39 is 32.2 Å². The Balaban J connectivity index is 1.51. The van der Waals surface area contributed by atoms with Crippen LogP contribution in [0.3, 0.4) is 0 Å². The number of carbonyl (C=O) groups excluding carboxylic acids is 1. The monoisotopic (exact) mass is 504 g/mol. The SMILES string of the molecule is C=C1CC=C2[C@@]13C=C(OS(=O)(=O)c1ccc(C)cc1)[C@@]1(C)[C@@](OCc4ccccc4)(OC[C@@]21C)C3=O. The molecule has 186 valence electrons. The highest BCUT2D eigenvalue weighted by molar-refractivity contribution is 7.86. The predicted octanol–water partition coefficient (Wildman–Crippen LogP) is 5.01. The highest BCUT2D eigenvalue weighted by atomic mass is 32.2. The Kier molecular flexibility index (Phi) is 4.73. The van der Waals surface area contributed by atoms with E-state index in [1.54, 1.807) is 18.2 Å². The van der Waals surface area contributed by atoms with Gasteiger partial charge in [-0.05, 0) is 49.6 Å². The topological polar surface area (TPSA) is 78.9 Å². The zero-order chi connectivity index (χ0) is 25.6. The third-order valence-corrected chi connectivity index (χ3v) is 10.00. The van der Waals surface area contributed by atoms with Gasteiger partial charge in [-0.15, -0.1) is 0 Å². The number of hydrogen-bond acceptors (Lipinski definition) is 6. The summed E-state index contributed by atoms with van der Waals surface area (Å²) in [6, 6.07) is 16.0. The van der Waals surface area contributed by atoms with Gasteiger partial charge in [0.2, 0.25) is 11.6 Å². The molecule has 0 unspecified atom stereocenters. The maximum atomic E-state index is 14.4. The molecule has 36 heavy (non-hydrogen) atoms. The summed E-state index contributed by atoms with van der Waals surface area (Å²) in [4.78, 5) is 14.4. The molecule has 2 aromatic carbocycles. The number of carbonyl (C=O) groups is 1. The summed E-state index contributed by atoms with van der Waals surface area (Å²) in [5.41, 5.74) is 0.195. The average Bonchev–Trinajstić information content (AvgIpc) is 3.29. The summed E-state index contributed by atoms with van der Waals surface area (Å²) < 4.78 is 45.5. The third kappa shape index (κ3) is 2.63. The first-order chi connectivity index (χ1) is 17.0. The lowest BCUT2D eigenvalue weighted by atomic mass is 9.42. The quantitative estimate of drug-likeness (QED) is 0.407. The first-order valence-corrected chi connectivity index (χ1v) is 13.4. The van der Waals surface area contributed by atoms with E-state index >= 15 is 0 Å². The van der Waals surface area contributed by atoms with Crippen LogP contribution in [0.2, 0.25) is 0 Å². The summed E-state index contributed by atoms with van der Waals surface area (Å²) in [6.07, 6.45) is 4.22. The summed E-state index contributed by atoms with van der Waals surface area (Å²) in [5.74, 6) is -1.83.